The molecule has 3 heterocycles. The van der Waals surface area contributed by atoms with E-state index >= 15 is 0 Å². The van der Waals surface area contributed by atoms with E-state index in [1.165, 1.54) is 18.5 Å². The minimum atomic E-state index is -4.42. The topological polar surface area (TPSA) is 75.4 Å². The van der Waals surface area contributed by atoms with Gasteiger partial charge in [-0.05, 0) is 30.2 Å². The molecule has 28 heavy (non-hydrogen) atoms. The van der Waals surface area contributed by atoms with E-state index in [1.54, 1.807) is 4.52 Å². The number of hydrogen-bond acceptors (Lipinski definition) is 5. The number of fused-ring (bicyclic) bond motifs is 1. The maximum Gasteiger partial charge on any atom is 0.416 e. The minimum absolute atomic E-state index is 0.0864. The highest BCUT2D eigenvalue weighted by Crippen LogP contribution is 2.29. The number of rotatable bonds is 4. The molecule has 146 valence electrons. The minimum Gasteiger partial charge on any atom is -0.353 e. The van der Waals surface area contributed by atoms with E-state index in [9.17, 15) is 18.0 Å². The number of nitrogens with zero attached hydrogens (tertiary/aromatic N) is 5. The highest BCUT2D eigenvalue weighted by Gasteiger charge is 2.30. The molecule has 0 bridgehead atoms. The number of alkyl halides is 3. The number of amides is 1. The molecule has 4 rings (SSSR count). The van der Waals surface area contributed by atoms with Crippen LogP contribution in [0.25, 0.3) is 5.65 Å². The Balaban J connectivity index is 1.35. The first kappa shape index (κ1) is 18.2. The van der Waals surface area contributed by atoms with Crippen LogP contribution in [0, 0.1) is 0 Å². The number of carbonyl (C=O) groups is 1. The Morgan fingerprint density at radius 2 is 2.11 bits per heavy atom. The van der Waals surface area contributed by atoms with Crippen molar-refractivity contribution in [2.45, 2.75) is 25.1 Å². The summed E-state index contributed by atoms with van der Waals surface area (Å²) < 4.78 is 40.0. The third-order valence-corrected chi connectivity index (χ3v) is 4.64. The molecule has 1 aromatic carbocycles. The zero-order chi connectivity index (χ0) is 19.7. The van der Waals surface area contributed by atoms with Gasteiger partial charge >= 0.3 is 6.18 Å². The lowest BCUT2D eigenvalue weighted by Crippen LogP contribution is -2.38. The third kappa shape index (κ3) is 3.90. The Bertz CT molecular complexity index is 1000. The first-order valence-electron chi connectivity index (χ1n) is 8.76. The van der Waals surface area contributed by atoms with E-state index in [0.29, 0.717) is 17.8 Å². The average Bonchev–Trinajstić information content (AvgIpc) is 3.29. The second kappa shape index (κ2) is 7.10. The zero-order valence-electron chi connectivity index (χ0n) is 14.7. The van der Waals surface area contributed by atoms with E-state index in [1.807, 2.05) is 17.0 Å². The molecule has 1 unspecified atom stereocenters. The van der Waals surface area contributed by atoms with Gasteiger partial charge in [-0.25, -0.2) is 0 Å². The molecule has 0 spiro atoms. The van der Waals surface area contributed by atoms with E-state index in [2.05, 4.69) is 20.6 Å². The predicted octanol–water partition coefficient (Wildman–Crippen LogP) is 2.08. The molecule has 1 amide bonds. The smallest absolute Gasteiger partial charge is 0.353 e. The Hall–Kier alpha value is -3.17. The normalized spacial score (nSPS) is 17.2. The van der Waals surface area contributed by atoms with Crippen LogP contribution in [0.2, 0.25) is 0 Å². The van der Waals surface area contributed by atoms with Crippen molar-refractivity contribution < 1.29 is 18.0 Å². The molecule has 1 fully saturated rings. The number of nitrogens with one attached hydrogen (secondary N) is 1. The number of hydrogen-bond donors (Lipinski definition) is 1. The molecule has 7 nitrogen and oxygen atoms in total. The van der Waals surface area contributed by atoms with E-state index in [-0.39, 0.29) is 18.4 Å². The maximum absolute atomic E-state index is 12.8. The fourth-order valence-electron chi connectivity index (χ4n) is 3.29. The van der Waals surface area contributed by atoms with E-state index in [0.717, 1.165) is 30.9 Å². The van der Waals surface area contributed by atoms with Crippen LogP contribution < -0.4 is 10.2 Å². The number of aromatic nitrogens is 4. The summed E-state index contributed by atoms with van der Waals surface area (Å²) in [4.78, 5) is 14.3. The molecule has 10 heteroatoms. The zero-order valence-corrected chi connectivity index (χ0v) is 14.7. The Morgan fingerprint density at radius 1 is 1.25 bits per heavy atom. The lowest BCUT2D eigenvalue weighted by Gasteiger charge is -2.18. The van der Waals surface area contributed by atoms with Crippen LogP contribution in [0.4, 0.5) is 19.0 Å². The summed E-state index contributed by atoms with van der Waals surface area (Å²) >= 11 is 0. The largest absolute Gasteiger partial charge is 0.416 e. The van der Waals surface area contributed by atoms with Gasteiger partial charge in [0.25, 0.3) is 0 Å². The number of halogens is 3. The predicted molar refractivity (Wildman–Crippen MR) is 94.7 cm³/mol. The number of anilines is 1. The molecule has 1 saturated heterocycles. The molecule has 1 aliphatic heterocycles. The van der Waals surface area contributed by atoms with E-state index < -0.39 is 11.7 Å². The van der Waals surface area contributed by atoms with Crippen LogP contribution >= 0.6 is 0 Å². The fourth-order valence-corrected chi connectivity index (χ4v) is 3.29. The standard InChI is InChI=1S/C18H17F3N6O/c19-18(20,21)13-3-1-2-12(8-13)9-17(28)23-14-6-7-26(10-14)16-5-4-15-24-22-11-27(15)25-16/h1-5,8,11,14H,6-7,9-10H2,(H,23,28). The molecule has 3 aromatic rings. The lowest BCUT2D eigenvalue weighted by atomic mass is 10.1. The SMILES string of the molecule is O=C(Cc1cccc(C(F)(F)F)c1)NC1CCN(c2ccc3nncn3n2)C1. The summed E-state index contributed by atoms with van der Waals surface area (Å²) in [5.74, 6) is 0.454. The summed E-state index contributed by atoms with van der Waals surface area (Å²) in [5, 5.41) is 15.0. The van der Waals surface area contributed by atoms with Gasteiger partial charge in [-0.15, -0.1) is 15.3 Å². The van der Waals surface area contributed by atoms with Crippen molar-refractivity contribution in [1.29, 1.82) is 0 Å². The van der Waals surface area contributed by atoms with Crippen molar-refractivity contribution in [3.63, 3.8) is 0 Å². The maximum atomic E-state index is 12.8. The summed E-state index contributed by atoms with van der Waals surface area (Å²) in [7, 11) is 0. The molecule has 1 atom stereocenters. The molecule has 1 aliphatic rings. The van der Waals surface area contributed by atoms with Gasteiger partial charge in [0.1, 0.15) is 12.1 Å². The van der Waals surface area contributed by atoms with Gasteiger partial charge in [-0.2, -0.15) is 17.7 Å². The Labute approximate surface area is 158 Å². The molecule has 0 radical (unpaired) electrons. The van der Waals surface area contributed by atoms with Gasteiger partial charge in [0.2, 0.25) is 5.91 Å². The fraction of sp³-hybridized carbons (Fsp3) is 0.333. The summed E-state index contributed by atoms with van der Waals surface area (Å²) in [5.41, 5.74) is 0.232. The quantitative estimate of drug-likeness (QED) is 0.738. The first-order chi connectivity index (χ1) is 13.4. The molecule has 1 N–H and O–H groups in total. The molecule has 0 aliphatic carbocycles. The van der Waals surface area contributed by atoms with Gasteiger partial charge in [0.05, 0.1) is 12.0 Å². The highest BCUT2D eigenvalue weighted by molar-refractivity contribution is 5.79. The number of carbonyl (C=O) groups excluding carboxylic acids is 1. The second-order valence-electron chi connectivity index (χ2n) is 6.70. The highest BCUT2D eigenvalue weighted by atomic mass is 19.4. The van der Waals surface area contributed by atoms with Gasteiger partial charge in [-0.3, -0.25) is 4.79 Å². The van der Waals surface area contributed by atoms with Gasteiger partial charge in [0.15, 0.2) is 5.65 Å². The van der Waals surface area contributed by atoms with Crippen molar-refractivity contribution in [3.05, 3.63) is 53.9 Å². The van der Waals surface area contributed by atoms with Crippen LogP contribution in [-0.2, 0) is 17.4 Å². The summed E-state index contributed by atoms with van der Waals surface area (Å²) in [6.07, 6.45) is -2.26. The van der Waals surface area contributed by atoms with Gasteiger partial charge in [-0.1, -0.05) is 18.2 Å². The summed E-state index contributed by atoms with van der Waals surface area (Å²) in [6, 6.07) is 8.42. The average molecular weight is 390 g/mol. The molecule has 0 saturated carbocycles. The van der Waals surface area contributed by atoms with Crippen LogP contribution in [-0.4, -0.2) is 44.8 Å². The first-order valence-corrected chi connectivity index (χ1v) is 8.76. The Kier molecular flexibility index (Phi) is 4.62. The van der Waals surface area contributed by atoms with Crippen LogP contribution in [0.1, 0.15) is 17.5 Å². The lowest BCUT2D eigenvalue weighted by molar-refractivity contribution is -0.137. The van der Waals surface area contributed by atoms with Crippen molar-refractivity contribution in [2.24, 2.45) is 0 Å². The van der Waals surface area contributed by atoms with E-state index in [4.69, 9.17) is 0 Å². The van der Waals surface area contributed by atoms with Crippen LogP contribution in [0.5, 0.6) is 0 Å². The monoisotopic (exact) mass is 390 g/mol. The van der Waals surface area contributed by atoms with Crippen molar-refractivity contribution in [1.82, 2.24) is 25.1 Å². The summed E-state index contributed by atoms with van der Waals surface area (Å²) in [6.45, 7) is 1.30. The van der Waals surface area contributed by atoms with Crippen molar-refractivity contribution in [3.8, 4) is 0 Å². The molecule has 2 aromatic heterocycles. The second-order valence-corrected chi connectivity index (χ2v) is 6.70. The Morgan fingerprint density at radius 3 is 2.93 bits per heavy atom. The van der Waals surface area contributed by atoms with Crippen molar-refractivity contribution >= 4 is 17.4 Å². The third-order valence-electron chi connectivity index (χ3n) is 4.64. The van der Waals surface area contributed by atoms with Crippen LogP contribution in [0.3, 0.4) is 0 Å². The van der Waals surface area contributed by atoms with Gasteiger partial charge in [0, 0.05) is 19.1 Å². The number of benzene rings is 1. The molecular weight excluding hydrogens is 373 g/mol. The van der Waals surface area contributed by atoms with Crippen molar-refractivity contribution in [2.75, 3.05) is 18.0 Å². The van der Waals surface area contributed by atoms with Crippen LogP contribution in [0.15, 0.2) is 42.7 Å². The molecular formula is C18H17F3N6O. The van der Waals surface area contributed by atoms with Gasteiger partial charge < -0.3 is 10.2 Å².